The maximum atomic E-state index is 6.26. The van der Waals surface area contributed by atoms with E-state index in [0.29, 0.717) is 0 Å². The number of oxazole rings is 1. The minimum atomic E-state index is -1.98. The van der Waals surface area contributed by atoms with E-state index in [1.807, 2.05) is 6.07 Å². The summed E-state index contributed by atoms with van der Waals surface area (Å²) < 4.78 is 6.26. The molecule has 26 heavy (non-hydrogen) atoms. The molecule has 0 spiro atoms. The van der Waals surface area contributed by atoms with Crippen LogP contribution < -0.4 is 10.7 Å². The number of benzene rings is 3. The van der Waals surface area contributed by atoms with Gasteiger partial charge in [-0.05, 0) is 47.4 Å². The van der Waals surface area contributed by atoms with E-state index in [0.717, 1.165) is 16.6 Å². The van der Waals surface area contributed by atoms with Crippen LogP contribution >= 0.6 is 0 Å². The Morgan fingerprint density at radius 1 is 0.769 bits per heavy atom. The summed E-state index contributed by atoms with van der Waals surface area (Å²) in [6.45, 7) is 8.83. The molecule has 0 saturated carbocycles. The summed E-state index contributed by atoms with van der Waals surface area (Å²) in [6, 6.07) is 23.5. The van der Waals surface area contributed by atoms with Crippen LogP contribution in [0.3, 0.4) is 0 Å². The largest absolute Gasteiger partial charge is 0.445 e. The Hall–Kier alpha value is -2.65. The van der Waals surface area contributed by atoms with Gasteiger partial charge in [0.15, 0.2) is 19.2 Å². The Morgan fingerprint density at radius 3 is 2.12 bits per heavy atom. The Morgan fingerprint density at radius 2 is 1.42 bits per heavy atom. The molecule has 1 aromatic heterocycles. The van der Waals surface area contributed by atoms with E-state index in [4.69, 9.17) is 9.40 Å². The summed E-state index contributed by atoms with van der Waals surface area (Å²) in [5.41, 5.74) is 7.70. The molecule has 0 amide bonds. The normalized spacial score (nSPS) is 11.8. The summed E-state index contributed by atoms with van der Waals surface area (Å²) >= 11 is 0. The lowest BCUT2D eigenvalue weighted by molar-refractivity contribution is 0.636. The molecule has 0 saturated heterocycles. The van der Waals surface area contributed by atoms with Crippen molar-refractivity contribution < 1.29 is 4.42 Å². The molecule has 0 unspecified atom stereocenters. The van der Waals surface area contributed by atoms with E-state index in [9.17, 15) is 0 Å². The molecule has 0 fully saturated rings. The molecule has 1 heterocycles. The van der Waals surface area contributed by atoms with Crippen LogP contribution in [-0.2, 0) is 0 Å². The topological polar surface area (TPSA) is 26.0 Å². The second kappa shape index (κ2) is 6.26. The fourth-order valence-electron chi connectivity index (χ4n) is 3.32. The zero-order chi connectivity index (χ0) is 18.3. The minimum Gasteiger partial charge on any atom is -0.445 e. The van der Waals surface area contributed by atoms with E-state index in [1.165, 1.54) is 27.4 Å². The molecule has 0 aliphatic carbocycles. The lowest BCUT2D eigenvalue weighted by Crippen LogP contribution is -2.53. The standard InChI is InChI=1S/C23H23NOSi/c1-16-10-15-21-22(17(16)2)25-23(24-21)26(3,4)20-13-11-19(12-14-20)18-8-6-5-7-9-18/h5-15H,1-4H3. The van der Waals surface area contributed by atoms with Crippen molar-refractivity contribution in [1.29, 1.82) is 0 Å². The van der Waals surface area contributed by atoms with Crippen LogP contribution in [0.1, 0.15) is 11.1 Å². The van der Waals surface area contributed by atoms with Crippen LogP contribution in [0, 0.1) is 13.8 Å². The third-order valence-corrected chi connectivity index (χ3v) is 8.38. The molecule has 0 N–H and O–H groups in total. The van der Waals surface area contributed by atoms with Gasteiger partial charge in [-0.1, -0.05) is 73.8 Å². The van der Waals surface area contributed by atoms with Gasteiger partial charge >= 0.3 is 0 Å². The maximum absolute atomic E-state index is 6.26. The Kier molecular flexibility index (Phi) is 4.04. The fourth-order valence-corrected chi connectivity index (χ4v) is 5.33. The molecule has 0 aliphatic rings. The molecule has 0 radical (unpaired) electrons. The highest BCUT2D eigenvalue weighted by Gasteiger charge is 2.32. The Bertz CT molecular complexity index is 1060. The predicted molar refractivity (Wildman–Crippen MR) is 112 cm³/mol. The van der Waals surface area contributed by atoms with Crippen molar-refractivity contribution in [3.63, 3.8) is 0 Å². The molecule has 3 aromatic carbocycles. The van der Waals surface area contributed by atoms with Crippen LogP contribution in [0.15, 0.2) is 71.1 Å². The molecule has 4 rings (SSSR count). The van der Waals surface area contributed by atoms with Crippen LogP contribution in [0.25, 0.3) is 22.2 Å². The van der Waals surface area contributed by atoms with E-state index >= 15 is 0 Å². The lowest BCUT2D eigenvalue weighted by Gasteiger charge is -2.19. The van der Waals surface area contributed by atoms with Crippen molar-refractivity contribution in [2.75, 3.05) is 0 Å². The molecule has 2 nitrogen and oxygen atoms in total. The summed E-state index contributed by atoms with van der Waals surface area (Å²) in [7, 11) is -1.98. The van der Waals surface area contributed by atoms with Gasteiger partial charge in [0.2, 0.25) is 0 Å². The van der Waals surface area contributed by atoms with Gasteiger partial charge < -0.3 is 4.42 Å². The smallest absolute Gasteiger partial charge is 0.181 e. The fraction of sp³-hybridized carbons (Fsp3) is 0.174. The average molecular weight is 358 g/mol. The van der Waals surface area contributed by atoms with Crippen molar-refractivity contribution in [1.82, 2.24) is 4.98 Å². The zero-order valence-electron chi connectivity index (χ0n) is 15.7. The summed E-state index contributed by atoms with van der Waals surface area (Å²) in [6.07, 6.45) is 0. The highest BCUT2D eigenvalue weighted by atomic mass is 28.3. The highest BCUT2D eigenvalue weighted by molar-refractivity contribution is 6.99. The first kappa shape index (κ1) is 16.8. The first-order valence-corrected chi connectivity index (χ1v) is 12.0. The third kappa shape index (κ3) is 2.78. The van der Waals surface area contributed by atoms with E-state index in [1.54, 1.807) is 0 Å². The minimum absolute atomic E-state index is 0.897. The number of rotatable bonds is 3. The number of hydrogen-bond acceptors (Lipinski definition) is 2. The van der Waals surface area contributed by atoms with Crippen molar-refractivity contribution in [3.05, 3.63) is 77.9 Å². The van der Waals surface area contributed by atoms with Gasteiger partial charge in [-0.25, -0.2) is 4.98 Å². The highest BCUT2D eigenvalue weighted by Crippen LogP contribution is 2.22. The maximum Gasteiger partial charge on any atom is 0.181 e. The molecule has 0 bridgehead atoms. The average Bonchev–Trinajstić information content (AvgIpc) is 3.12. The Labute approximate surface area is 155 Å². The number of aryl methyl sites for hydroxylation is 2. The number of fused-ring (bicyclic) bond motifs is 1. The first-order chi connectivity index (χ1) is 12.5. The molecular formula is C23H23NOSi. The van der Waals surface area contributed by atoms with Crippen LogP contribution in [0.2, 0.25) is 13.1 Å². The van der Waals surface area contributed by atoms with Gasteiger partial charge in [0.1, 0.15) is 5.52 Å². The monoisotopic (exact) mass is 357 g/mol. The van der Waals surface area contributed by atoms with Crippen molar-refractivity contribution in [2.24, 2.45) is 0 Å². The molecule has 130 valence electrons. The summed E-state index contributed by atoms with van der Waals surface area (Å²) in [5.74, 6) is 0. The van der Waals surface area contributed by atoms with Gasteiger partial charge in [-0.3, -0.25) is 0 Å². The number of aromatic nitrogens is 1. The molecule has 4 aromatic rings. The lowest BCUT2D eigenvalue weighted by atomic mass is 10.1. The van der Waals surface area contributed by atoms with Crippen LogP contribution in [0.4, 0.5) is 0 Å². The molecule has 3 heteroatoms. The molecule has 0 aliphatic heterocycles. The van der Waals surface area contributed by atoms with Crippen LogP contribution in [-0.4, -0.2) is 13.1 Å². The summed E-state index contributed by atoms with van der Waals surface area (Å²) in [4.78, 5) is 4.84. The Balaban J connectivity index is 1.73. The summed E-state index contributed by atoms with van der Waals surface area (Å²) in [5, 5.41) is 1.33. The van der Waals surface area contributed by atoms with Crippen molar-refractivity contribution in [3.8, 4) is 11.1 Å². The van der Waals surface area contributed by atoms with Gasteiger partial charge in [-0.15, -0.1) is 0 Å². The SMILES string of the molecule is Cc1ccc2nc([Si](C)(C)c3ccc(-c4ccccc4)cc3)oc2c1C. The third-order valence-electron chi connectivity index (χ3n) is 5.33. The van der Waals surface area contributed by atoms with Crippen molar-refractivity contribution in [2.45, 2.75) is 26.9 Å². The van der Waals surface area contributed by atoms with E-state index < -0.39 is 8.07 Å². The van der Waals surface area contributed by atoms with E-state index in [2.05, 4.69) is 87.6 Å². The number of nitrogens with zero attached hydrogens (tertiary/aromatic N) is 1. The molecule has 0 atom stereocenters. The predicted octanol–water partition coefficient (Wildman–Crippen LogP) is 4.93. The van der Waals surface area contributed by atoms with Crippen LogP contribution in [0.5, 0.6) is 0 Å². The zero-order valence-corrected chi connectivity index (χ0v) is 16.7. The second-order valence-corrected chi connectivity index (χ2v) is 11.7. The van der Waals surface area contributed by atoms with Gasteiger partial charge in [0, 0.05) is 0 Å². The number of hydrogen-bond donors (Lipinski definition) is 0. The van der Waals surface area contributed by atoms with Gasteiger partial charge in [-0.2, -0.15) is 0 Å². The van der Waals surface area contributed by atoms with Gasteiger partial charge in [0.25, 0.3) is 0 Å². The molecular weight excluding hydrogens is 334 g/mol. The van der Waals surface area contributed by atoms with E-state index in [-0.39, 0.29) is 0 Å². The van der Waals surface area contributed by atoms with Gasteiger partial charge in [0.05, 0.1) is 0 Å². The first-order valence-electron chi connectivity index (χ1n) is 9.00. The second-order valence-electron chi connectivity index (χ2n) is 7.44. The van der Waals surface area contributed by atoms with Crippen molar-refractivity contribution >= 4 is 29.9 Å². The quantitative estimate of drug-likeness (QED) is 0.486.